The molecule has 0 aliphatic carbocycles. The van der Waals surface area contributed by atoms with Crippen LogP contribution in [0.25, 0.3) is 0 Å². The standard InChI is InChI=1S/C11H11F2N/c1-3-6-14-8(2)10-5-4-9(12)7-11(10)13/h1,4-5,7-8,14H,6H2,2H3/t8-/m0/s1. The van der Waals surface area contributed by atoms with Crippen molar-refractivity contribution in [1.82, 2.24) is 5.32 Å². The van der Waals surface area contributed by atoms with Crippen molar-refractivity contribution < 1.29 is 8.78 Å². The van der Waals surface area contributed by atoms with Crippen molar-refractivity contribution in [3.8, 4) is 12.3 Å². The van der Waals surface area contributed by atoms with Gasteiger partial charge in [-0.15, -0.1) is 6.42 Å². The summed E-state index contributed by atoms with van der Waals surface area (Å²) in [4.78, 5) is 0. The van der Waals surface area contributed by atoms with Crippen LogP contribution < -0.4 is 5.32 Å². The molecular formula is C11H11F2N. The van der Waals surface area contributed by atoms with Crippen LogP contribution in [-0.4, -0.2) is 6.54 Å². The van der Waals surface area contributed by atoms with Gasteiger partial charge in [0.25, 0.3) is 0 Å². The van der Waals surface area contributed by atoms with Crippen LogP contribution in [-0.2, 0) is 0 Å². The number of hydrogen-bond donors (Lipinski definition) is 1. The number of hydrogen-bond acceptors (Lipinski definition) is 1. The average molecular weight is 195 g/mol. The molecule has 0 fully saturated rings. The first-order chi connectivity index (χ1) is 6.65. The second-order valence-electron chi connectivity index (χ2n) is 2.97. The summed E-state index contributed by atoms with van der Waals surface area (Å²) in [5.41, 5.74) is 0.418. The zero-order valence-electron chi connectivity index (χ0n) is 7.85. The molecule has 1 nitrogen and oxygen atoms in total. The molecular weight excluding hydrogens is 184 g/mol. The molecule has 0 spiro atoms. The van der Waals surface area contributed by atoms with Gasteiger partial charge in [-0.25, -0.2) is 8.78 Å². The molecule has 1 atom stereocenters. The maximum absolute atomic E-state index is 13.2. The molecule has 0 heterocycles. The van der Waals surface area contributed by atoms with Gasteiger partial charge in [-0.2, -0.15) is 0 Å². The zero-order valence-corrected chi connectivity index (χ0v) is 7.85. The van der Waals surface area contributed by atoms with Crippen molar-refractivity contribution in [1.29, 1.82) is 0 Å². The van der Waals surface area contributed by atoms with Crippen molar-refractivity contribution in [2.75, 3.05) is 6.54 Å². The van der Waals surface area contributed by atoms with E-state index in [-0.39, 0.29) is 6.04 Å². The van der Waals surface area contributed by atoms with Crippen LogP contribution >= 0.6 is 0 Å². The molecule has 14 heavy (non-hydrogen) atoms. The molecule has 0 radical (unpaired) electrons. The lowest BCUT2D eigenvalue weighted by Gasteiger charge is -2.12. The van der Waals surface area contributed by atoms with Crippen molar-refractivity contribution >= 4 is 0 Å². The van der Waals surface area contributed by atoms with Gasteiger partial charge in [0, 0.05) is 17.7 Å². The molecule has 3 heteroatoms. The number of rotatable bonds is 3. The van der Waals surface area contributed by atoms with Crippen LogP contribution in [0.15, 0.2) is 18.2 Å². The quantitative estimate of drug-likeness (QED) is 0.729. The molecule has 0 unspecified atom stereocenters. The lowest BCUT2D eigenvalue weighted by molar-refractivity contribution is 0.535. The highest BCUT2D eigenvalue weighted by Crippen LogP contribution is 2.17. The Bertz CT molecular complexity index is 355. The summed E-state index contributed by atoms with van der Waals surface area (Å²) in [5, 5.41) is 2.91. The van der Waals surface area contributed by atoms with Crippen LogP contribution in [0.2, 0.25) is 0 Å². The van der Waals surface area contributed by atoms with E-state index in [1.165, 1.54) is 12.1 Å². The minimum atomic E-state index is -0.574. The summed E-state index contributed by atoms with van der Waals surface area (Å²) >= 11 is 0. The van der Waals surface area contributed by atoms with Gasteiger partial charge in [0.05, 0.1) is 6.54 Å². The van der Waals surface area contributed by atoms with Crippen molar-refractivity contribution in [2.24, 2.45) is 0 Å². The highest BCUT2D eigenvalue weighted by atomic mass is 19.1. The summed E-state index contributed by atoms with van der Waals surface area (Å²) in [6, 6.07) is 3.29. The van der Waals surface area contributed by atoms with E-state index in [0.717, 1.165) is 6.07 Å². The Morgan fingerprint density at radius 2 is 2.21 bits per heavy atom. The minimum Gasteiger partial charge on any atom is -0.299 e. The maximum atomic E-state index is 13.2. The van der Waals surface area contributed by atoms with Crippen LogP contribution in [0.5, 0.6) is 0 Å². The highest BCUT2D eigenvalue weighted by Gasteiger charge is 2.10. The van der Waals surface area contributed by atoms with Crippen LogP contribution in [0.4, 0.5) is 8.78 Å². The maximum Gasteiger partial charge on any atom is 0.130 e. The van der Waals surface area contributed by atoms with Gasteiger partial charge in [-0.05, 0) is 13.0 Å². The van der Waals surface area contributed by atoms with Gasteiger partial charge in [0.2, 0.25) is 0 Å². The zero-order chi connectivity index (χ0) is 10.6. The molecule has 74 valence electrons. The topological polar surface area (TPSA) is 12.0 Å². The molecule has 1 aromatic carbocycles. The first-order valence-corrected chi connectivity index (χ1v) is 4.27. The predicted octanol–water partition coefficient (Wildman–Crippen LogP) is 2.25. The molecule has 0 aromatic heterocycles. The van der Waals surface area contributed by atoms with E-state index in [1.54, 1.807) is 6.92 Å². The van der Waals surface area contributed by atoms with Gasteiger partial charge >= 0.3 is 0 Å². The van der Waals surface area contributed by atoms with E-state index in [9.17, 15) is 8.78 Å². The molecule has 0 saturated carbocycles. The van der Waals surface area contributed by atoms with E-state index in [2.05, 4.69) is 11.2 Å². The van der Waals surface area contributed by atoms with Crippen LogP contribution in [0, 0.1) is 24.0 Å². The SMILES string of the molecule is C#CCN[C@@H](C)c1ccc(F)cc1F. The average Bonchev–Trinajstić information content (AvgIpc) is 2.14. The Hall–Kier alpha value is -1.40. The molecule has 0 amide bonds. The molecule has 1 aromatic rings. The van der Waals surface area contributed by atoms with Gasteiger partial charge in [0.15, 0.2) is 0 Å². The molecule has 0 saturated heterocycles. The Kier molecular flexibility index (Phi) is 3.61. The van der Waals surface area contributed by atoms with Crippen LogP contribution in [0.1, 0.15) is 18.5 Å². The minimum absolute atomic E-state index is 0.216. The van der Waals surface area contributed by atoms with Gasteiger partial charge in [-0.1, -0.05) is 12.0 Å². The van der Waals surface area contributed by atoms with Crippen LogP contribution in [0.3, 0.4) is 0 Å². The molecule has 0 aliphatic rings. The first-order valence-electron chi connectivity index (χ1n) is 4.27. The summed E-state index contributed by atoms with van der Waals surface area (Å²) < 4.78 is 25.8. The fraction of sp³-hybridized carbons (Fsp3) is 0.273. The number of nitrogens with one attached hydrogen (secondary N) is 1. The Morgan fingerprint density at radius 1 is 1.50 bits per heavy atom. The number of benzene rings is 1. The normalized spacial score (nSPS) is 12.1. The monoisotopic (exact) mass is 195 g/mol. The third kappa shape index (κ3) is 2.54. The summed E-state index contributed by atoms with van der Waals surface area (Å²) in [6.45, 7) is 2.13. The Labute approximate surface area is 82.1 Å². The third-order valence-corrected chi connectivity index (χ3v) is 1.94. The lowest BCUT2D eigenvalue weighted by atomic mass is 10.1. The van der Waals surface area contributed by atoms with Crippen molar-refractivity contribution in [2.45, 2.75) is 13.0 Å². The van der Waals surface area contributed by atoms with Gasteiger partial charge in [0.1, 0.15) is 11.6 Å². The Morgan fingerprint density at radius 3 is 2.79 bits per heavy atom. The van der Waals surface area contributed by atoms with Gasteiger partial charge in [-0.3, -0.25) is 5.32 Å². The Balaban J connectivity index is 2.80. The van der Waals surface area contributed by atoms with E-state index >= 15 is 0 Å². The fourth-order valence-corrected chi connectivity index (χ4v) is 1.17. The van der Waals surface area contributed by atoms with Gasteiger partial charge < -0.3 is 0 Å². The van der Waals surface area contributed by atoms with E-state index < -0.39 is 11.6 Å². The second kappa shape index (κ2) is 4.73. The molecule has 1 rings (SSSR count). The van der Waals surface area contributed by atoms with E-state index in [1.807, 2.05) is 0 Å². The number of halogens is 2. The van der Waals surface area contributed by atoms with E-state index in [4.69, 9.17) is 6.42 Å². The summed E-state index contributed by atoms with van der Waals surface area (Å²) in [5.74, 6) is 1.26. The predicted molar refractivity (Wildman–Crippen MR) is 51.6 cm³/mol. The van der Waals surface area contributed by atoms with Crippen molar-refractivity contribution in [3.05, 3.63) is 35.4 Å². The number of terminal acetylenes is 1. The largest absolute Gasteiger partial charge is 0.299 e. The summed E-state index contributed by atoms with van der Waals surface area (Å²) in [7, 11) is 0. The lowest BCUT2D eigenvalue weighted by Crippen LogP contribution is -2.19. The molecule has 0 aliphatic heterocycles. The summed E-state index contributed by atoms with van der Waals surface area (Å²) in [6.07, 6.45) is 5.05. The van der Waals surface area contributed by atoms with E-state index in [0.29, 0.717) is 12.1 Å². The molecule has 0 bridgehead atoms. The van der Waals surface area contributed by atoms with Crippen molar-refractivity contribution in [3.63, 3.8) is 0 Å². The first kappa shape index (κ1) is 10.7. The fourth-order valence-electron chi connectivity index (χ4n) is 1.17. The molecule has 1 N–H and O–H groups in total. The smallest absolute Gasteiger partial charge is 0.130 e. The third-order valence-electron chi connectivity index (χ3n) is 1.94. The second-order valence-corrected chi connectivity index (χ2v) is 2.97. The highest BCUT2D eigenvalue weighted by molar-refractivity contribution is 5.21.